The Bertz CT molecular complexity index is 171. The molecule has 0 aromatic heterocycles. The first-order valence-corrected chi connectivity index (χ1v) is 6.95. The number of nitrogens with zero attached hydrogens (tertiary/aromatic N) is 1. The number of ether oxygens (including phenoxy) is 1. The van der Waals surface area contributed by atoms with Gasteiger partial charge < -0.3 is 15.4 Å². The molecule has 0 aromatic carbocycles. The minimum absolute atomic E-state index is 0.280. The van der Waals surface area contributed by atoms with Gasteiger partial charge in [-0.2, -0.15) is 0 Å². The number of rotatable bonds is 10. The van der Waals surface area contributed by atoms with Crippen LogP contribution in [0.15, 0.2) is 0 Å². The second-order valence-corrected chi connectivity index (χ2v) is 5.53. The molecule has 3 nitrogen and oxygen atoms in total. The van der Waals surface area contributed by atoms with E-state index < -0.39 is 0 Å². The molecule has 104 valence electrons. The summed E-state index contributed by atoms with van der Waals surface area (Å²) in [7, 11) is 1.77. The van der Waals surface area contributed by atoms with Crippen LogP contribution in [0, 0.1) is 11.3 Å². The zero-order valence-corrected chi connectivity index (χ0v) is 12.5. The summed E-state index contributed by atoms with van der Waals surface area (Å²) in [6.45, 7) is 13.9. The monoisotopic (exact) mass is 244 g/mol. The highest BCUT2D eigenvalue weighted by Crippen LogP contribution is 2.26. The van der Waals surface area contributed by atoms with Crippen LogP contribution in [0.2, 0.25) is 0 Å². The van der Waals surface area contributed by atoms with Gasteiger partial charge in [0, 0.05) is 26.7 Å². The third-order valence-electron chi connectivity index (χ3n) is 3.73. The van der Waals surface area contributed by atoms with Gasteiger partial charge in [0.15, 0.2) is 0 Å². The Morgan fingerprint density at radius 1 is 1.24 bits per heavy atom. The Hall–Kier alpha value is -0.120. The quantitative estimate of drug-likeness (QED) is 0.641. The van der Waals surface area contributed by atoms with E-state index in [9.17, 15) is 0 Å². The average Bonchev–Trinajstić information content (AvgIpc) is 2.32. The summed E-state index contributed by atoms with van der Waals surface area (Å²) in [5.74, 6) is 0.691. The van der Waals surface area contributed by atoms with Crippen molar-refractivity contribution in [1.82, 2.24) is 4.90 Å². The summed E-state index contributed by atoms with van der Waals surface area (Å²) < 4.78 is 5.20. The first kappa shape index (κ1) is 16.9. The van der Waals surface area contributed by atoms with Gasteiger partial charge in [0.1, 0.15) is 0 Å². The fraction of sp³-hybridized carbons (Fsp3) is 1.00. The molecule has 0 saturated carbocycles. The zero-order valence-electron chi connectivity index (χ0n) is 12.5. The topological polar surface area (TPSA) is 38.5 Å². The molecule has 0 aliphatic rings. The molecule has 0 atom stereocenters. The van der Waals surface area contributed by atoms with Crippen molar-refractivity contribution in [3.8, 4) is 0 Å². The summed E-state index contributed by atoms with van der Waals surface area (Å²) in [4.78, 5) is 2.51. The molecule has 0 unspecified atom stereocenters. The Kier molecular flexibility index (Phi) is 8.83. The molecule has 0 aliphatic heterocycles. The SMILES string of the molecule is CCC(CC)(CN)CN(CCOC)CC(C)C. The van der Waals surface area contributed by atoms with Crippen LogP contribution in [0.4, 0.5) is 0 Å². The van der Waals surface area contributed by atoms with E-state index in [0.29, 0.717) is 5.92 Å². The first-order valence-electron chi connectivity index (χ1n) is 6.95. The minimum Gasteiger partial charge on any atom is -0.383 e. The van der Waals surface area contributed by atoms with E-state index in [-0.39, 0.29) is 5.41 Å². The van der Waals surface area contributed by atoms with Crippen molar-refractivity contribution in [2.45, 2.75) is 40.5 Å². The fourth-order valence-electron chi connectivity index (χ4n) is 2.27. The van der Waals surface area contributed by atoms with Crippen LogP contribution in [-0.4, -0.2) is 44.8 Å². The Morgan fingerprint density at radius 3 is 2.18 bits per heavy atom. The summed E-state index contributed by atoms with van der Waals surface area (Å²) in [5.41, 5.74) is 6.26. The van der Waals surface area contributed by atoms with Crippen LogP contribution < -0.4 is 5.73 Å². The number of hydrogen-bond donors (Lipinski definition) is 1. The molecule has 0 aromatic rings. The lowest BCUT2D eigenvalue weighted by atomic mass is 9.81. The number of nitrogens with two attached hydrogens (primary N) is 1. The van der Waals surface area contributed by atoms with Crippen LogP contribution in [0.1, 0.15) is 40.5 Å². The van der Waals surface area contributed by atoms with Gasteiger partial charge in [0.25, 0.3) is 0 Å². The molecule has 0 spiro atoms. The molecule has 0 amide bonds. The molecular formula is C14H32N2O. The highest BCUT2D eigenvalue weighted by atomic mass is 16.5. The molecule has 0 heterocycles. The summed E-state index contributed by atoms with van der Waals surface area (Å²) in [6.07, 6.45) is 2.31. The third-order valence-corrected chi connectivity index (χ3v) is 3.73. The van der Waals surface area contributed by atoms with Gasteiger partial charge in [-0.05, 0) is 30.7 Å². The lowest BCUT2D eigenvalue weighted by molar-refractivity contribution is 0.0943. The highest BCUT2D eigenvalue weighted by Gasteiger charge is 2.27. The van der Waals surface area contributed by atoms with E-state index in [1.54, 1.807) is 7.11 Å². The average molecular weight is 244 g/mol. The number of hydrogen-bond acceptors (Lipinski definition) is 3. The Balaban J connectivity index is 4.46. The first-order chi connectivity index (χ1) is 8.03. The largest absolute Gasteiger partial charge is 0.383 e. The van der Waals surface area contributed by atoms with Gasteiger partial charge in [-0.15, -0.1) is 0 Å². The lowest BCUT2D eigenvalue weighted by Crippen LogP contribution is -2.44. The van der Waals surface area contributed by atoms with Gasteiger partial charge in [-0.3, -0.25) is 0 Å². The van der Waals surface area contributed by atoms with E-state index in [4.69, 9.17) is 10.5 Å². The lowest BCUT2D eigenvalue weighted by Gasteiger charge is -2.37. The molecular weight excluding hydrogens is 212 g/mol. The van der Waals surface area contributed by atoms with E-state index in [0.717, 1.165) is 45.6 Å². The van der Waals surface area contributed by atoms with Crippen molar-refractivity contribution < 1.29 is 4.74 Å². The molecule has 2 N–H and O–H groups in total. The van der Waals surface area contributed by atoms with Gasteiger partial charge in [0.2, 0.25) is 0 Å². The van der Waals surface area contributed by atoms with Crippen molar-refractivity contribution in [1.29, 1.82) is 0 Å². The zero-order chi connectivity index (χ0) is 13.3. The standard InChI is InChI=1S/C14H32N2O/c1-6-14(7-2,11-15)12-16(8-9-17-5)10-13(3)4/h13H,6-12,15H2,1-5H3. The van der Waals surface area contributed by atoms with Crippen LogP contribution in [0.25, 0.3) is 0 Å². The summed E-state index contributed by atoms with van der Waals surface area (Å²) >= 11 is 0. The maximum Gasteiger partial charge on any atom is 0.0589 e. The van der Waals surface area contributed by atoms with Crippen molar-refractivity contribution in [2.24, 2.45) is 17.1 Å². The summed E-state index contributed by atoms with van der Waals surface area (Å²) in [5, 5.41) is 0. The van der Waals surface area contributed by atoms with Crippen LogP contribution in [0.5, 0.6) is 0 Å². The molecule has 0 bridgehead atoms. The molecule has 0 saturated heterocycles. The van der Waals surface area contributed by atoms with E-state index >= 15 is 0 Å². The van der Waals surface area contributed by atoms with Gasteiger partial charge >= 0.3 is 0 Å². The maximum absolute atomic E-state index is 5.98. The molecule has 0 rings (SSSR count). The van der Waals surface area contributed by atoms with Crippen molar-refractivity contribution >= 4 is 0 Å². The predicted molar refractivity (Wildman–Crippen MR) is 75.2 cm³/mol. The number of methoxy groups -OCH3 is 1. The molecule has 17 heavy (non-hydrogen) atoms. The molecule has 0 radical (unpaired) electrons. The second kappa shape index (κ2) is 8.90. The fourth-order valence-corrected chi connectivity index (χ4v) is 2.27. The van der Waals surface area contributed by atoms with Crippen LogP contribution >= 0.6 is 0 Å². The molecule has 3 heteroatoms. The maximum atomic E-state index is 5.98. The summed E-state index contributed by atoms with van der Waals surface area (Å²) in [6, 6.07) is 0. The van der Waals surface area contributed by atoms with Gasteiger partial charge in [0.05, 0.1) is 6.61 Å². The smallest absolute Gasteiger partial charge is 0.0589 e. The molecule has 0 aliphatic carbocycles. The van der Waals surface area contributed by atoms with Crippen LogP contribution in [-0.2, 0) is 4.74 Å². The van der Waals surface area contributed by atoms with Gasteiger partial charge in [-0.1, -0.05) is 27.7 Å². The van der Waals surface area contributed by atoms with E-state index in [2.05, 4.69) is 32.6 Å². The van der Waals surface area contributed by atoms with Crippen LogP contribution in [0.3, 0.4) is 0 Å². The second-order valence-electron chi connectivity index (χ2n) is 5.53. The highest BCUT2D eigenvalue weighted by molar-refractivity contribution is 4.82. The third kappa shape index (κ3) is 6.39. The van der Waals surface area contributed by atoms with Crippen molar-refractivity contribution in [3.63, 3.8) is 0 Å². The van der Waals surface area contributed by atoms with E-state index in [1.807, 2.05) is 0 Å². The Morgan fingerprint density at radius 2 is 1.82 bits per heavy atom. The van der Waals surface area contributed by atoms with Gasteiger partial charge in [-0.25, -0.2) is 0 Å². The minimum atomic E-state index is 0.280. The van der Waals surface area contributed by atoms with E-state index in [1.165, 1.54) is 0 Å². The predicted octanol–water partition coefficient (Wildman–Crippen LogP) is 2.36. The van der Waals surface area contributed by atoms with Crippen molar-refractivity contribution in [3.05, 3.63) is 0 Å². The molecule has 0 fully saturated rings. The normalized spacial score (nSPS) is 12.7. The van der Waals surface area contributed by atoms with Crippen molar-refractivity contribution in [2.75, 3.05) is 39.9 Å². The Labute approximate surface area is 108 Å².